The smallest absolute Gasteiger partial charge is 0.259 e. The van der Waals surface area contributed by atoms with Crippen molar-refractivity contribution in [2.24, 2.45) is 10.9 Å². The molecule has 0 aliphatic heterocycles. The van der Waals surface area contributed by atoms with Crippen molar-refractivity contribution in [3.63, 3.8) is 0 Å². The summed E-state index contributed by atoms with van der Waals surface area (Å²) in [4.78, 5) is 12.2. The number of aryl methyl sites for hydroxylation is 2. The number of hydrogen-bond acceptors (Lipinski definition) is 4. The Labute approximate surface area is 129 Å². The second-order valence-corrected chi connectivity index (χ2v) is 5.32. The molecule has 1 aromatic carbocycles. The lowest BCUT2D eigenvalue weighted by Crippen LogP contribution is -2.15. The number of nitrogens with zero attached hydrogens (tertiary/aromatic N) is 1. The van der Waals surface area contributed by atoms with Crippen LogP contribution in [0.3, 0.4) is 0 Å². The van der Waals surface area contributed by atoms with E-state index in [4.69, 9.17) is 15.4 Å². The van der Waals surface area contributed by atoms with Crippen LogP contribution in [0.15, 0.2) is 38.3 Å². The van der Waals surface area contributed by atoms with Crippen LogP contribution < -0.4 is 11.1 Å². The van der Waals surface area contributed by atoms with Crippen molar-refractivity contribution in [1.82, 2.24) is 0 Å². The monoisotopic (exact) mass is 351 g/mol. The molecule has 6 nitrogen and oxygen atoms in total. The number of amidine groups is 1. The number of benzene rings is 1. The first-order valence-electron chi connectivity index (χ1n) is 6.08. The van der Waals surface area contributed by atoms with Gasteiger partial charge in [-0.15, -0.1) is 0 Å². The fraction of sp³-hybridized carbons (Fsp3) is 0.143. The highest BCUT2D eigenvalue weighted by atomic mass is 79.9. The first-order chi connectivity index (χ1) is 9.92. The van der Waals surface area contributed by atoms with E-state index in [0.29, 0.717) is 32.8 Å². The van der Waals surface area contributed by atoms with Crippen molar-refractivity contribution in [3.05, 3.63) is 51.4 Å². The number of furan rings is 1. The van der Waals surface area contributed by atoms with Crippen molar-refractivity contribution >= 4 is 33.4 Å². The van der Waals surface area contributed by atoms with Crippen molar-refractivity contribution in [2.75, 3.05) is 5.32 Å². The van der Waals surface area contributed by atoms with E-state index >= 15 is 0 Å². The number of anilines is 1. The first-order valence-corrected chi connectivity index (χ1v) is 6.87. The van der Waals surface area contributed by atoms with Gasteiger partial charge in [-0.2, -0.15) is 0 Å². The molecule has 0 unspecified atom stereocenters. The van der Waals surface area contributed by atoms with Gasteiger partial charge in [-0.3, -0.25) is 4.79 Å². The van der Waals surface area contributed by atoms with E-state index in [1.807, 2.05) is 0 Å². The van der Waals surface area contributed by atoms with Crippen molar-refractivity contribution in [3.8, 4) is 0 Å². The minimum absolute atomic E-state index is 0.00474. The fourth-order valence-electron chi connectivity index (χ4n) is 1.88. The highest BCUT2D eigenvalue weighted by molar-refractivity contribution is 9.10. The zero-order valence-electron chi connectivity index (χ0n) is 11.5. The van der Waals surface area contributed by atoms with Crippen LogP contribution in [0.4, 0.5) is 5.69 Å². The number of nitrogens with two attached hydrogens (primary N) is 1. The molecule has 0 fully saturated rings. The summed E-state index contributed by atoms with van der Waals surface area (Å²) in [5, 5.41) is 14.3. The number of halogens is 1. The Morgan fingerprint density at radius 3 is 2.62 bits per heavy atom. The van der Waals surface area contributed by atoms with Gasteiger partial charge in [-0.1, -0.05) is 5.16 Å². The second kappa shape index (κ2) is 6.01. The fourth-order valence-corrected chi connectivity index (χ4v) is 2.36. The molecule has 0 radical (unpaired) electrons. The van der Waals surface area contributed by atoms with Crippen molar-refractivity contribution in [1.29, 1.82) is 0 Å². The number of carbonyl (C=O) groups excluding carboxylic acids is 1. The third-order valence-corrected chi connectivity index (χ3v) is 3.56. The number of nitrogens with one attached hydrogen (secondary N) is 1. The zero-order chi connectivity index (χ0) is 15.6. The molecule has 0 saturated carbocycles. The van der Waals surface area contributed by atoms with Crippen LogP contribution in [0.25, 0.3) is 0 Å². The summed E-state index contributed by atoms with van der Waals surface area (Å²) in [7, 11) is 0. The number of carbonyl (C=O) groups is 1. The highest BCUT2D eigenvalue weighted by Gasteiger charge is 2.15. The summed E-state index contributed by atoms with van der Waals surface area (Å²) in [6.07, 6.45) is 0. The van der Waals surface area contributed by atoms with E-state index in [1.54, 1.807) is 38.1 Å². The Morgan fingerprint density at radius 2 is 2.10 bits per heavy atom. The minimum atomic E-state index is -0.262. The van der Waals surface area contributed by atoms with E-state index < -0.39 is 0 Å². The van der Waals surface area contributed by atoms with Crippen LogP contribution in [-0.2, 0) is 0 Å². The average Bonchev–Trinajstić information content (AvgIpc) is 2.79. The molecular weight excluding hydrogens is 338 g/mol. The predicted molar refractivity (Wildman–Crippen MR) is 82.8 cm³/mol. The van der Waals surface area contributed by atoms with E-state index in [2.05, 4.69) is 26.4 Å². The van der Waals surface area contributed by atoms with Crippen molar-refractivity contribution < 1.29 is 14.4 Å². The highest BCUT2D eigenvalue weighted by Crippen LogP contribution is 2.25. The van der Waals surface area contributed by atoms with Gasteiger partial charge >= 0.3 is 0 Å². The SMILES string of the molecule is Cc1cc(C(=O)Nc2ccc(/C(N)=N/O)cc2Br)c(C)o1. The van der Waals surface area contributed by atoms with Gasteiger partial charge in [-0.05, 0) is 54.0 Å². The van der Waals surface area contributed by atoms with Crippen LogP contribution in [0, 0.1) is 13.8 Å². The summed E-state index contributed by atoms with van der Waals surface area (Å²) in [6.45, 7) is 3.52. The molecule has 1 amide bonds. The lowest BCUT2D eigenvalue weighted by Gasteiger charge is -2.08. The van der Waals surface area contributed by atoms with E-state index in [-0.39, 0.29) is 11.7 Å². The first kappa shape index (κ1) is 15.1. The molecule has 0 bridgehead atoms. The molecule has 2 aromatic rings. The third-order valence-electron chi connectivity index (χ3n) is 2.91. The summed E-state index contributed by atoms with van der Waals surface area (Å²) in [5.74, 6) is 0.977. The molecule has 0 atom stereocenters. The Balaban J connectivity index is 2.24. The molecule has 0 aliphatic rings. The van der Waals surface area contributed by atoms with E-state index in [0.717, 1.165) is 0 Å². The molecule has 0 saturated heterocycles. The van der Waals surface area contributed by atoms with Gasteiger partial charge in [-0.25, -0.2) is 0 Å². The predicted octanol–water partition coefficient (Wildman–Crippen LogP) is 3.01. The van der Waals surface area contributed by atoms with Crippen molar-refractivity contribution in [2.45, 2.75) is 13.8 Å². The maximum atomic E-state index is 12.2. The van der Waals surface area contributed by atoms with Crippen LogP contribution >= 0.6 is 15.9 Å². The summed E-state index contributed by atoms with van der Waals surface area (Å²) >= 11 is 3.34. The maximum Gasteiger partial charge on any atom is 0.259 e. The number of amides is 1. The number of oxime groups is 1. The quantitative estimate of drug-likeness (QED) is 0.342. The summed E-state index contributed by atoms with van der Waals surface area (Å²) in [5.41, 5.74) is 7.11. The molecule has 110 valence electrons. The Kier molecular flexibility index (Phi) is 4.32. The third kappa shape index (κ3) is 3.25. The van der Waals surface area contributed by atoms with Crippen LogP contribution in [0.1, 0.15) is 27.4 Å². The lowest BCUT2D eigenvalue weighted by atomic mass is 10.2. The largest absolute Gasteiger partial charge is 0.466 e. The van der Waals surface area contributed by atoms with Gasteiger partial charge in [0.05, 0.1) is 11.3 Å². The zero-order valence-corrected chi connectivity index (χ0v) is 13.1. The molecule has 2 rings (SSSR count). The molecule has 21 heavy (non-hydrogen) atoms. The molecule has 4 N–H and O–H groups in total. The molecular formula is C14H14BrN3O3. The minimum Gasteiger partial charge on any atom is -0.466 e. The normalized spacial score (nSPS) is 11.5. The summed E-state index contributed by atoms with van der Waals surface area (Å²) < 4.78 is 5.96. The van der Waals surface area contributed by atoms with Gasteiger partial charge in [0.15, 0.2) is 5.84 Å². The van der Waals surface area contributed by atoms with Crippen LogP contribution in [-0.4, -0.2) is 17.0 Å². The van der Waals surface area contributed by atoms with E-state index in [1.165, 1.54) is 0 Å². The Hall–Kier alpha value is -2.28. The standard InChI is InChI=1S/C14H14BrN3O3/c1-7-5-10(8(2)21-7)14(19)17-12-4-3-9(6-11(12)15)13(16)18-20/h3-6,20H,1-2H3,(H2,16,18)(H,17,19). The summed E-state index contributed by atoms with van der Waals surface area (Å²) in [6, 6.07) is 6.64. The van der Waals surface area contributed by atoms with Gasteiger partial charge < -0.3 is 20.7 Å². The van der Waals surface area contributed by atoms with Gasteiger partial charge in [0.25, 0.3) is 5.91 Å². The van der Waals surface area contributed by atoms with Crippen LogP contribution in [0.5, 0.6) is 0 Å². The van der Waals surface area contributed by atoms with Gasteiger partial charge in [0, 0.05) is 10.0 Å². The maximum absolute atomic E-state index is 12.2. The average molecular weight is 352 g/mol. The van der Waals surface area contributed by atoms with E-state index in [9.17, 15) is 4.79 Å². The molecule has 0 aliphatic carbocycles. The molecule has 1 aromatic heterocycles. The topological polar surface area (TPSA) is 101 Å². The molecule has 0 spiro atoms. The molecule has 1 heterocycles. The Morgan fingerprint density at radius 1 is 1.38 bits per heavy atom. The molecule has 7 heteroatoms. The van der Waals surface area contributed by atoms with Crippen LogP contribution in [0.2, 0.25) is 0 Å². The Bertz CT molecular complexity index is 722. The lowest BCUT2D eigenvalue weighted by molar-refractivity contribution is 0.102. The number of rotatable bonds is 3. The number of hydrogen-bond donors (Lipinski definition) is 3. The van der Waals surface area contributed by atoms with Gasteiger partial charge in [0.2, 0.25) is 0 Å². The van der Waals surface area contributed by atoms with Gasteiger partial charge in [0.1, 0.15) is 11.5 Å². The second-order valence-electron chi connectivity index (χ2n) is 4.46.